The average molecular weight is 359 g/mol. The highest BCUT2D eigenvalue weighted by Crippen LogP contribution is 2.24. The third-order valence-corrected chi connectivity index (χ3v) is 4.39. The molecular formula is C18H15ClN2O2S. The Morgan fingerprint density at radius 2 is 1.92 bits per heavy atom. The summed E-state index contributed by atoms with van der Waals surface area (Å²) < 4.78 is 5.89. The molecule has 0 aliphatic carbocycles. The predicted octanol–water partition coefficient (Wildman–Crippen LogP) is 3.61. The summed E-state index contributed by atoms with van der Waals surface area (Å²) in [7, 11) is 1.64. The molecule has 122 valence electrons. The first-order valence-electron chi connectivity index (χ1n) is 7.32. The summed E-state index contributed by atoms with van der Waals surface area (Å²) in [5.74, 6) is 0.501. The number of carbonyl (C=O) groups excluding carboxylic acids is 1. The van der Waals surface area contributed by atoms with E-state index in [1.54, 1.807) is 13.1 Å². The van der Waals surface area contributed by atoms with Crippen molar-refractivity contribution >= 4 is 40.9 Å². The van der Waals surface area contributed by atoms with Crippen molar-refractivity contribution in [3.05, 3.63) is 70.4 Å². The monoisotopic (exact) mass is 358 g/mol. The molecule has 0 radical (unpaired) electrons. The molecule has 1 heterocycles. The Labute approximate surface area is 150 Å². The Bertz CT molecular complexity index is 835. The maximum absolute atomic E-state index is 12.1. The van der Waals surface area contributed by atoms with Crippen molar-refractivity contribution in [2.75, 3.05) is 7.05 Å². The predicted molar refractivity (Wildman–Crippen MR) is 98.7 cm³/mol. The van der Waals surface area contributed by atoms with Crippen LogP contribution in [0.4, 0.5) is 0 Å². The first-order chi connectivity index (χ1) is 11.6. The molecule has 1 saturated heterocycles. The molecule has 4 nitrogen and oxygen atoms in total. The van der Waals surface area contributed by atoms with Gasteiger partial charge in [-0.05, 0) is 30.4 Å². The summed E-state index contributed by atoms with van der Waals surface area (Å²) in [5.41, 5.74) is 2.12. The van der Waals surface area contributed by atoms with Gasteiger partial charge >= 0.3 is 0 Å². The Hall–Kier alpha value is -2.37. The van der Waals surface area contributed by atoms with Crippen molar-refractivity contribution in [3.63, 3.8) is 0 Å². The van der Waals surface area contributed by atoms with E-state index >= 15 is 0 Å². The zero-order chi connectivity index (χ0) is 17.1. The van der Waals surface area contributed by atoms with Gasteiger partial charge in [-0.3, -0.25) is 9.69 Å². The van der Waals surface area contributed by atoms with Gasteiger partial charge in [-0.15, -0.1) is 0 Å². The van der Waals surface area contributed by atoms with Crippen molar-refractivity contribution < 1.29 is 9.53 Å². The number of carbonyl (C=O) groups is 1. The smallest absolute Gasteiger partial charge is 0.276 e. The van der Waals surface area contributed by atoms with E-state index in [1.807, 2.05) is 48.5 Å². The molecule has 1 fully saturated rings. The lowest BCUT2D eigenvalue weighted by molar-refractivity contribution is -0.121. The molecule has 24 heavy (non-hydrogen) atoms. The maximum Gasteiger partial charge on any atom is 0.276 e. The molecule has 3 rings (SSSR count). The molecule has 2 aromatic rings. The molecule has 1 amide bonds. The van der Waals surface area contributed by atoms with Gasteiger partial charge < -0.3 is 10.1 Å². The van der Waals surface area contributed by atoms with Gasteiger partial charge in [0, 0.05) is 23.2 Å². The number of hydrogen-bond acceptors (Lipinski definition) is 3. The second-order valence-electron chi connectivity index (χ2n) is 5.27. The van der Waals surface area contributed by atoms with Crippen molar-refractivity contribution in [3.8, 4) is 5.75 Å². The Morgan fingerprint density at radius 3 is 2.62 bits per heavy atom. The number of rotatable bonds is 4. The number of nitrogens with zero attached hydrogens (tertiary/aromatic N) is 1. The molecule has 2 aromatic carbocycles. The molecule has 1 aliphatic rings. The van der Waals surface area contributed by atoms with Crippen LogP contribution in [-0.2, 0) is 11.4 Å². The van der Waals surface area contributed by atoms with Crippen molar-refractivity contribution in [2.24, 2.45) is 0 Å². The van der Waals surface area contributed by atoms with Gasteiger partial charge in [0.2, 0.25) is 0 Å². The van der Waals surface area contributed by atoms with E-state index in [2.05, 4.69) is 5.32 Å². The molecule has 0 spiro atoms. The number of amides is 1. The SMILES string of the molecule is CN1C(=O)/C(=C\c2ccccc2OCc2ccccc2Cl)NC1=S. The summed E-state index contributed by atoms with van der Waals surface area (Å²) in [4.78, 5) is 13.5. The number of hydrogen-bond donors (Lipinski definition) is 1. The zero-order valence-corrected chi connectivity index (χ0v) is 14.5. The summed E-state index contributed by atoms with van der Waals surface area (Å²) in [6.07, 6.45) is 1.74. The van der Waals surface area contributed by atoms with E-state index in [0.717, 1.165) is 11.1 Å². The first kappa shape index (κ1) is 16.5. The fourth-order valence-electron chi connectivity index (χ4n) is 2.28. The van der Waals surface area contributed by atoms with Gasteiger partial charge in [-0.25, -0.2) is 0 Å². The molecule has 1 N–H and O–H groups in total. The molecule has 0 aromatic heterocycles. The highest BCUT2D eigenvalue weighted by molar-refractivity contribution is 7.80. The average Bonchev–Trinajstić information content (AvgIpc) is 2.82. The summed E-state index contributed by atoms with van der Waals surface area (Å²) in [6.45, 7) is 0.347. The van der Waals surface area contributed by atoms with Crippen LogP contribution in [0.2, 0.25) is 5.02 Å². The molecule has 1 aliphatic heterocycles. The van der Waals surface area contributed by atoms with E-state index < -0.39 is 0 Å². The van der Waals surface area contributed by atoms with Crippen LogP contribution in [0, 0.1) is 0 Å². The lowest BCUT2D eigenvalue weighted by Crippen LogP contribution is -2.25. The molecule has 0 bridgehead atoms. The second kappa shape index (κ2) is 7.03. The lowest BCUT2D eigenvalue weighted by atomic mass is 10.1. The van der Waals surface area contributed by atoms with Crippen LogP contribution in [0.1, 0.15) is 11.1 Å². The highest BCUT2D eigenvalue weighted by atomic mass is 35.5. The number of nitrogens with one attached hydrogen (secondary N) is 1. The van der Waals surface area contributed by atoms with Crippen molar-refractivity contribution in [1.82, 2.24) is 10.2 Å². The number of ether oxygens (including phenoxy) is 1. The highest BCUT2D eigenvalue weighted by Gasteiger charge is 2.27. The number of thiocarbonyl (C=S) groups is 1. The van der Waals surface area contributed by atoms with Crippen LogP contribution in [0.15, 0.2) is 54.2 Å². The third-order valence-electron chi connectivity index (χ3n) is 3.64. The zero-order valence-electron chi connectivity index (χ0n) is 13.0. The van der Waals surface area contributed by atoms with Crippen LogP contribution in [0.3, 0.4) is 0 Å². The number of benzene rings is 2. The normalized spacial score (nSPS) is 15.8. The topological polar surface area (TPSA) is 41.6 Å². The van der Waals surface area contributed by atoms with Crippen LogP contribution in [0.25, 0.3) is 6.08 Å². The summed E-state index contributed by atoms with van der Waals surface area (Å²) in [5, 5.41) is 3.95. The van der Waals surface area contributed by atoms with Gasteiger partial charge in [0.05, 0.1) is 0 Å². The van der Waals surface area contributed by atoms with Crippen molar-refractivity contribution in [1.29, 1.82) is 0 Å². The van der Waals surface area contributed by atoms with E-state index in [1.165, 1.54) is 4.90 Å². The second-order valence-corrected chi connectivity index (χ2v) is 6.06. The summed E-state index contributed by atoms with van der Waals surface area (Å²) in [6, 6.07) is 15.0. The number of halogens is 1. The Morgan fingerprint density at radius 1 is 1.21 bits per heavy atom. The minimum absolute atomic E-state index is 0.166. The van der Waals surface area contributed by atoms with Crippen molar-refractivity contribution in [2.45, 2.75) is 6.61 Å². The Balaban J connectivity index is 1.83. The molecular weight excluding hydrogens is 344 g/mol. The summed E-state index contributed by atoms with van der Waals surface area (Å²) >= 11 is 11.2. The maximum atomic E-state index is 12.1. The minimum atomic E-state index is -0.166. The van der Waals surface area contributed by atoms with E-state index in [-0.39, 0.29) is 5.91 Å². The van der Waals surface area contributed by atoms with Gasteiger partial charge in [0.15, 0.2) is 5.11 Å². The standard InChI is InChI=1S/C18H15ClN2O2S/c1-21-17(22)15(20-18(21)24)10-12-6-3-5-9-16(12)23-11-13-7-2-4-8-14(13)19/h2-10H,11H2,1H3,(H,20,24)/b15-10+. The Kier molecular flexibility index (Phi) is 4.83. The van der Waals surface area contributed by atoms with Crippen LogP contribution >= 0.6 is 23.8 Å². The quantitative estimate of drug-likeness (QED) is 0.669. The third kappa shape index (κ3) is 3.42. The minimum Gasteiger partial charge on any atom is -0.488 e. The van der Waals surface area contributed by atoms with Gasteiger partial charge in [-0.2, -0.15) is 0 Å². The van der Waals surface area contributed by atoms with Gasteiger partial charge in [0.25, 0.3) is 5.91 Å². The fraction of sp³-hybridized carbons (Fsp3) is 0.111. The molecule has 0 saturated carbocycles. The molecule has 0 unspecified atom stereocenters. The van der Waals surface area contributed by atoms with E-state index in [0.29, 0.717) is 28.2 Å². The molecule has 0 atom stereocenters. The van der Waals surface area contributed by atoms with Gasteiger partial charge in [0.1, 0.15) is 18.1 Å². The van der Waals surface area contributed by atoms with Gasteiger partial charge in [-0.1, -0.05) is 48.0 Å². The lowest BCUT2D eigenvalue weighted by Gasteiger charge is -2.10. The first-order valence-corrected chi connectivity index (χ1v) is 8.11. The van der Waals surface area contributed by atoms with Crippen LogP contribution < -0.4 is 10.1 Å². The number of likely N-dealkylation sites (N-methyl/N-ethyl adjacent to an activating group) is 1. The van der Waals surface area contributed by atoms with E-state index in [9.17, 15) is 4.79 Å². The molecule has 6 heteroatoms. The fourth-order valence-corrected chi connectivity index (χ4v) is 2.66. The van der Waals surface area contributed by atoms with E-state index in [4.69, 9.17) is 28.6 Å². The number of para-hydroxylation sites is 1. The van der Waals surface area contributed by atoms with Crippen LogP contribution in [-0.4, -0.2) is 23.0 Å². The van der Waals surface area contributed by atoms with Crippen LogP contribution in [0.5, 0.6) is 5.75 Å². The largest absolute Gasteiger partial charge is 0.488 e.